The zero-order valence-electron chi connectivity index (χ0n) is 7.83. The molecule has 7 heteroatoms. The van der Waals surface area contributed by atoms with E-state index in [2.05, 4.69) is 15.4 Å². The maximum Gasteiger partial charge on any atom is 0.245 e. The Morgan fingerprint density at radius 2 is 2.47 bits per heavy atom. The van der Waals surface area contributed by atoms with Crippen LogP contribution in [0.4, 0.5) is 0 Å². The summed E-state index contributed by atoms with van der Waals surface area (Å²) in [6.45, 7) is 1.04. The Hall–Kier alpha value is -1.89. The molecule has 0 bridgehead atoms. The van der Waals surface area contributed by atoms with Crippen molar-refractivity contribution in [2.45, 2.75) is 6.10 Å². The molecule has 7 nitrogen and oxygen atoms in total. The molecule has 1 aromatic heterocycles. The lowest BCUT2D eigenvalue weighted by molar-refractivity contribution is -0.0817. The molecule has 0 spiro atoms. The summed E-state index contributed by atoms with van der Waals surface area (Å²) < 4.78 is 10.4. The molecule has 0 radical (unpaired) electrons. The third kappa shape index (κ3) is 1.96. The summed E-state index contributed by atoms with van der Waals surface area (Å²) >= 11 is 0. The van der Waals surface area contributed by atoms with Crippen LogP contribution in [0.5, 0.6) is 5.88 Å². The molecule has 2 heterocycles. The van der Waals surface area contributed by atoms with Crippen molar-refractivity contribution in [3.8, 4) is 5.88 Å². The normalized spacial score (nSPS) is 17.2. The first-order valence-electron chi connectivity index (χ1n) is 4.35. The number of hydrogen-bond donors (Lipinski definition) is 2. The van der Waals surface area contributed by atoms with E-state index in [-0.39, 0.29) is 17.8 Å². The predicted octanol–water partition coefficient (Wildman–Crippen LogP) is -0.651. The predicted molar refractivity (Wildman–Crippen MR) is 49.8 cm³/mol. The van der Waals surface area contributed by atoms with Crippen LogP contribution < -0.4 is 10.5 Å². The van der Waals surface area contributed by atoms with E-state index in [0.29, 0.717) is 18.8 Å². The highest BCUT2D eigenvalue weighted by Gasteiger charge is 2.23. The molecular formula is C8H10N4O3. The van der Waals surface area contributed by atoms with Crippen LogP contribution in [0.15, 0.2) is 17.4 Å². The minimum absolute atomic E-state index is 0.0352. The van der Waals surface area contributed by atoms with Gasteiger partial charge in [-0.25, -0.2) is 0 Å². The smallest absolute Gasteiger partial charge is 0.245 e. The second-order valence-corrected chi connectivity index (χ2v) is 3.01. The molecule has 0 atom stereocenters. The summed E-state index contributed by atoms with van der Waals surface area (Å²) in [5.74, 6) is 0.196. The molecular weight excluding hydrogens is 200 g/mol. The highest BCUT2D eigenvalue weighted by Crippen LogP contribution is 2.17. The van der Waals surface area contributed by atoms with E-state index in [4.69, 9.17) is 20.4 Å². The van der Waals surface area contributed by atoms with Crippen LogP contribution in [-0.2, 0) is 4.74 Å². The van der Waals surface area contributed by atoms with E-state index in [1.54, 1.807) is 6.07 Å². The zero-order chi connectivity index (χ0) is 10.7. The van der Waals surface area contributed by atoms with E-state index in [1.165, 1.54) is 6.20 Å². The van der Waals surface area contributed by atoms with Crippen LogP contribution in [-0.4, -0.2) is 40.6 Å². The van der Waals surface area contributed by atoms with Gasteiger partial charge < -0.3 is 20.4 Å². The highest BCUT2D eigenvalue weighted by molar-refractivity contribution is 5.98. The summed E-state index contributed by atoms with van der Waals surface area (Å²) in [6.07, 6.45) is 1.41. The zero-order valence-corrected chi connectivity index (χ0v) is 7.83. The van der Waals surface area contributed by atoms with Crippen LogP contribution in [0.1, 0.15) is 5.56 Å². The van der Waals surface area contributed by atoms with Crippen LogP contribution in [0, 0.1) is 0 Å². The van der Waals surface area contributed by atoms with Gasteiger partial charge in [0.05, 0.1) is 25.0 Å². The average molecular weight is 210 g/mol. The van der Waals surface area contributed by atoms with E-state index in [9.17, 15) is 0 Å². The molecule has 0 saturated carbocycles. The Balaban J connectivity index is 2.20. The third-order valence-corrected chi connectivity index (χ3v) is 1.96. The van der Waals surface area contributed by atoms with Gasteiger partial charge in [-0.15, -0.1) is 5.10 Å². The lowest BCUT2D eigenvalue weighted by Crippen LogP contribution is -2.39. The van der Waals surface area contributed by atoms with Crippen molar-refractivity contribution < 1.29 is 14.7 Å². The Labute approximate surface area is 85.5 Å². The minimum atomic E-state index is -0.0554. The third-order valence-electron chi connectivity index (χ3n) is 1.96. The quantitative estimate of drug-likeness (QED) is 0.297. The first-order chi connectivity index (χ1) is 7.31. The summed E-state index contributed by atoms with van der Waals surface area (Å²) in [4.78, 5) is 0. The number of ether oxygens (including phenoxy) is 2. The summed E-state index contributed by atoms with van der Waals surface area (Å²) in [5.41, 5.74) is 5.87. The fourth-order valence-corrected chi connectivity index (χ4v) is 1.09. The van der Waals surface area contributed by atoms with Gasteiger partial charge in [0.15, 0.2) is 5.84 Å². The van der Waals surface area contributed by atoms with Gasteiger partial charge in [0, 0.05) is 0 Å². The molecule has 1 saturated heterocycles. The van der Waals surface area contributed by atoms with E-state index in [0.717, 1.165) is 0 Å². The van der Waals surface area contributed by atoms with Crippen LogP contribution >= 0.6 is 0 Å². The first kappa shape index (κ1) is 9.66. The maximum absolute atomic E-state index is 8.55. The average Bonchev–Trinajstić information content (AvgIpc) is 2.23. The van der Waals surface area contributed by atoms with Crippen molar-refractivity contribution in [3.05, 3.63) is 17.8 Å². The lowest BCUT2D eigenvalue weighted by atomic mass is 10.2. The molecule has 0 amide bonds. The van der Waals surface area contributed by atoms with Crippen molar-refractivity contribution in [1.29, 1.82) is 0 Å². The number of amidine groups is 1. The number of nitrogens with zero attached hydrogens (tertiary/aromatic N) is 3. The summed E-state index contributed by atoms with van der Waals surface area (Å²) in [5, 5.41) is 18.9. The molecule has 1 aromatic rings. The van der Waals surface area contributed by atoms with E-state index >= 15 is 0 Å². The van der Waals surface area contributed by atoms with Gasteiger partial charge in [-0.2, -0.15) is 5.10 Å². The molecule has 1 fully saturated rings. The van der Waals surface area contributed by atoms with Gasteiger partial charge in [0.2, 0.25) is 5.88 Å². The molecule has 1 aliphatic heterocycles. The Morgan fingerprint density at radius 3 is 3.07 bits per heavy atom. The molecule has 2 rings (SSSR count). The lowest BCUT2D eigenvalue weighted by Gasteiger charge is -2.26. The Kier molecular flexibility index (Phi) is 2.64. The second kappa shape index (κ2) is 4.09. The van der Waals surface area contributed by atoms with Crippen LogP contribution in [0.3, 0.4) is 0 Å². The van der Waals surface area contributed by atoms with Gasteiger partial charge in [-0.1, -0.05) is 5.16 Å². The Morgan fingerprint density at radius 1 is 1.67 bits per heavy atom. The topological polar surface area (TPSA) is 103 Å². The van der Waals surface area contributed by atoms with E-state index in [1.807, 2.05) is 0 Å². The van der Waals surface area contributed by atoms with Gasteiger partial charge in [-0.05, 0) is 6.07 Å². The standard InChI is InChI=1S/C8H10N4O3/c9-7(12-13)6-1-2-10-11-8(6)15-5-3-14-4-5/h1-2,5,13H,3-4H2,(H2,9,12). The molecule has 1 aliphatic rings. The van der Waals surface area contributed by atoms with Crippen LogP contribution in [0.2, 0.25) is 0 Å². The number of hydrogen-bond acceptors (Lipinski definition) is 6. The molecule has 15 heavy (non-hydrogen) atoms. The summed E-state index contributed by atoms with van der Waals surface area (Å²) in [6, 6.07) is 1.57. The maximum atomic E-state index is 8.55. The molecule has 0 aliphatic carbocycles. The molecule has 3 N–H and O–H groups in total. The van der Waals surface area contributed by atoms with Crippen molar-refractivity contribution in [2.24, 2.45) is 10.9 Å². The fourth-order valence-electron chi connectivity index (χ4n) is 1.09. The number of nitrogens with two attached hydrogens (primary N) is 1. The fraction of sp³-hybridized carbons (Fsp3) is 0.375. The minimum Gasteiger partial charge on any atom is -0.468 e. The van der Waals surface area contributed by atoms with Gasteiger partial charge in [-0.3, -0.25) is 0 Å². The van der Waals surface area contributed by atoms with Crippen molar-refractivity contribution in [2.75, 3.05) is 13.2 Å². The van der Waals surface area contributed by atoms with Crippen LogP contribution in [0.25, 0.3) is 0 Å². The van der Waals surface area contributed by atoms with Gasteiger partial charge >= 0.3 is 0 Å². The van der Waals surface area contributed by atoms with Gasteiger partial charge in [0.25, 0.3) is 0 Å². The van der Waals surface area contributed by atoms with Crippen molar-refractivity contribution in [3.63, 3.8) is 0 Å². The second-order valence-electron chi connectivity index (χ2n) is 3.01. The van der Waals surface area contributed by atoms with E-state index < -0.39 is 0 Å². The van der Waals surface area contributed by atoms with Crippen molar-refractivity contribution >= 4 is 5.84 Å². The number of oxime groups is 1. The SMILES string of the molecule is N/C(=N/O)c1ccnnc1OC1COC1. The molecule has 0 unspecified atom stereocenters. The number of rotatable bonds is 3. The Bertz CT molecular complexity index is 378. The molecule has 0 aromatic carbocycles. The highest BCUT2D eigenvalue weighted by atomic mass is 16.6. The first-order valence-corrected chi connectivity index (χ1v) is 4.35. The largest absolute Gasteiger partial charge is 0.468 e. The van der Waals surface area contributed by atoms with Gasteiger partial charge in [0.1, 0.15) is 6.10 Å². The summed E-state index contributed by atoms with van der Waals surface area (Å²) in [7, 11) is 0. The monoisotopic (exact) mass is 210 g/mol. The molecule has 80 valence electrons. The van der Waals surface area contributed by atoms with Crippen molar-refractivity contribution in [1.82, 2.24) is 10.2 Å². The number of aromatic nitrogens is 2.